The molecule has 0 atom stereocenters. The summed E-state index contributed by atoms with van der Waals surface area (Å²) >= 11 is 0. The first kappa shape index (κ1) is 34.0. The summed E-state index contributed by atoms with van der Waals surface area (Å²) in [7, 11) is 0. The third-order valence-electron chi connectivity index (χ3n) is 11.9. The molecule has 0 aliphatic carbocycles. The van der Waals surface area contributed by atoms with Crippen LogP contribution in [-0.4, -0.2) is 19.1 Å². The van der Waals surface area contributed by atoms with Crippen molar-refractivity contribution in [2.75, 3.05) is 0 Å². The van der Waals surface area contributed by atoms with Gasteiger partial charge in [0.05, 0.1) is 33.3 Å². The van der Waals surface area contributed by atoms with E-state index in [2.05, 4.69) is 228 Å². The van der Waals surface area contributed by atoms with Gasteiger partial charge < -0.3 is 9.13 Å². The molecule has 0 aliphatic rings. The Hall–Kier alpha value is -8.08. The molecule has 4 nitrogen and oxygen atoms in total. The van der Waals surface area contributed by atoms with E-state index in [9.17, 15) is 0 Å². The molecular weight excluding hydrogens is 729 g/mol. The Morgan fingerprint density at radius 2 is 0.833 bits per heavy atom. The van der Waals surface area contributed by atoms with Crippen LogP contribution in [0, 0.1) is 0 Å². The first-order valence-electron chi connectivity index (χ1n) is 20.4. The van der Waals surface area contributed by atoms with E-state index < -0.39 is 0 Å². The van der Waals surface area contributed by atoms with Crippen molar-refractivity contribution in [3.8, 4) is 56.3 Å². The van der Waals surface area contributed by atoms with E-state index in [1.807, 2.05) is 0 Å². The van der Waals surface area contributed by atoms with Gasteiger partial charge in [0.25, 0.3) is 0 Å². The van der Waals surface area contributed by atoms with Gasteiger partial charge >= 0.3 is 0 Å². The van der Waals surface area contributed by atoms with E-state index in [1.54, 1.807) is 0 Å². The average molecular weight is 765 g/mol. The van der Waals surface area contributed by atoms with Crippen molar-refractivity contribution in [3.05, 3.63) is 218 Å². The molecule has 9 aromatic carbocycles. The van der Waals surface area contributed by atoms with Gasteiger partial charge in [0.15, 0.2) is 5.82 Å². The maximum atomic E-state index is 5.38. The molecule has 0 fully saturated rings. The van der Waals surface area contributed by atoms with Crippen LogP contribution >= 0.6 is 0 Å². The van der Waals surface area contributed by atoms with E-state index in [-0.39, 0.29) is 0 Å². The monoisotopic (exact) mass is 764 g/mol. The first-order chi connectivity index (χ1) is 29.8. The Bertz CT molecular complexity index is 3580. The first-order valence-corrected chi connectivity index (χ1v) is 20.4. The minimum atomic E-state index is 0.696. The minimum Gasteiger partial charge on any atom is -0.309 e. The van der Waals surface area contributed by atoms with Gasteiger partial charge in [0.2, 0.25) is 0 Å². The Balaban J connectivity index is 1.01. The van der Waals surface area contributed by atoms with Crippen LogP contribution in [0.3, 0.4) is 0 Å². The van der Waals surface area contributed by atoms with Crippen LogP contribution in [0.5, 0.6) is 0 Å². The summed E-state index contributed by atoms with van der Waals surface area (Å²) in [6.45, 7) is 0. The Labute approximate surface area is 346 Å². The molecule has 0 unspecified atom stereocenters. The number of fused-ring (bicyclic) bond motifs is 7. The van der Waals surface area contributed by atoms with Gasteiger partial charge in [-0.2, -0.15) is 0 Å². The summed E-state index contributed by atoms with van der Waals surface area (Å²) in [5.41, 5.74) is 15.4. The Kier molecular flexibility index (Phi) is 7.82. The lowest BCUT2D eigenvalue weighted by Gasteiger charge is -2.14. The van der Waals surface area contributed by atoms with Gasteiger partial charge in [0.1, 0.15) is 0 Å². The Morgan fingerprint density at radius 1 is 0.300 bits per heavy atom. The smallest absolute Gasteiger partial charge is 0.160 e. The van der Waals surface area contributed by atoms with Gasteiger partial charge in [-0.15, -0.1) is 0 Å². The van der Waals surface area contributed by atoms with Gasteiger partial charge in [-0.25, -0.2) is 9.97 Å². The van der Waals surface area contributed by atoms with Crippen molar-refractivity contribution in [1.82, 2.24) is 19.1 Å². The van der Waals surface area contributed by atoms with Crippen LogP contribution in [0.25, 0.3) is 111 Å². The second-order valence-corrected chi connectivity index (χ2v) is 15.4. The van der Waals surface area contributed by atoms with Gasteiger partial charge in [-0.1, -0.05) is 152 Å². The molecule has 0 saturated carbocycles. The molecule has 12 aromatic rings. The van der Waals surface area contributed by atoms with Crippen molar-refractivity contribution in [2.45, 2.75) is 0 Å². The number of benzene rings is 9. The van der Waals surface area contributed by atoms with E-state index in [0.29, 0.717) is 5.82 Å². The molecule has 0 bridgehead atoms. The van der Waals surface area contributed by atoms with E-state index in [0.717, 1.165) is 61.4 Å². The highest BCUT2D eigenvalue weighted by Gasteiger charge is 2.19. The predicted molar refractivity (Wildman–Crippen MR) is 250 cm³/mol. The fourth-order valence-corrected chi connectivity index (χ4v) is 9.18. The molecule has 0 amide bonds. The molecule has 4 heteroatoms. The fraction of sp³-hybridized carbons (Fsp3) is 0. The van der Waals surface area contributed by atoms with Crippen LogP contribution in [0.2, 0.25) is 0 Å². The lowest BCUT2D eigenvalue weighted by atomic mass is 9.98. The summed E-state index contributed by atoms with van der Waals surface area (Å²) < 4.78 is 4.75. The highest BCUT2D eigenvalue weighted by molar-refractivity contribution is 6.14. The zero-order valence-corrected chi connectivity index (χ0v) is 32.6. The molecule has 60 heavy (non-hydrogen) atoms. The lowest BCUT2D eigenvalue weighted by molar-refractivity contribution is 1.18. The molecule has 280 valence electrons. The summed E-state index contributed by atoms with van der Waals surface area (Å²) in [6, 6.07) is 77.9. The summed E-state index contributed by atoms with van der Waals surface area (Å²) in [5.74, 6) is 0.696. The van der Waals surface area contributed by atoms with Crippen molar-refractivity contribution >= 4 is 54.5 Å². The molecule has 12 rings (SSSR count). The van der Waals surface area contributed by atoms with Gasteiger partial charge in [0, 0.05) is 55.0 Å². The zero-order valence-electron chi connectivity index (χ0n) is 32.6. The highest BCUT2D eigenvalue weighted by Crippen LogP contribution is 2.40. The number of rotatable bonds is 6. The van der Waals surface area contributed by atoms with Crippen LogP contribution in [0.15, 0.2) is 218 Å². The number of nitrogens with zero attached hydrogens (tertiary/aromatic N) is 4. The number of hydrogen-bond acceptors (Lipinski definition) is 2. The maximum absolute atomic E-state index is 5.38. The fourth-order valence-electron chi connectivity index (χ4n) is 9.18. The third-order valence-corrected chi connectivity index (χ3v) is 11.9. The molecule has 0 saturated heterocycles. The molecule has 0 aliphatic heterocycles. The van der Waals surface area contributed by atoms with Crippen LogP contribution in [0.1, 0.15) is 0 Å². The van der Waals surface area contributed by atoms with Crippen molar-refractivity contribution in [3.63, 3.8) is 0 Å². The number of hydrogen-bond donors (Lipinski definition) is 0. The normalized spacial score (nSPS) is 11.7. The van der Waals surface area contributed by atoms with E-state index in [1.165, 1.54) is 43.6 Å². The average Bonchev–Trinajstić information content (AvgIpc) is 3.85. The van der Waals surface area contributed by atoms with Crippen LogP contribution in [0.4, 0.5) is 0 Å². The summed E-state index contributed by atoms with van der Waals surface area (Å²) in [5, 5.41) is 5.93. The van der Waals surface area contributed by atoms with Crippen molar-refractivity contribution in [1.29, 1.82) is 0 Å². The summed E-state index contributed by atoms with van der Waals surface area (Å²) in [4.78, 5) is 10.7. The topological polar surface area (TPSA) is 35.6 Å². The SMILES string of the molecule is c1ccc(-c2nc(-c3cccc(-c4cccc5c6ccccc6n(-c6ccccc6)c45)c3)nc3ccc(-c4ccc5c(c4)c4ccccc4n5-c4ccccc4)cc23)cc1. The number of aromatic nitrogens is 4. The predicted octanol–water partition coefficient (Wildman–Crippen LogP) is 14.5. The molecule has 0 radical (unpaired) electrons. The maximum Gasteiger partial charge on any atom is 0.160 e. The lowest BCUT2D eigenvalue weighted by Crippen LogP contribution is -1.97. The molecule has 3 aromatic heterocycles. The van der Waals surface area contributed by atoms with Crippen molar-refractivity contribution < 1.29 is 0 Å². The molecule has 0 N–H and O–H groups in total. The molecule has 0 spiro atoms. The highest BCUT2D eigenvalue weighted by atomic mass is 15.0. The molecular formula is C56H36N4. The standard InChI is InChI=1S/C56H36N4/c1-4-16-37(17-5-1)54-49-36-38(39-31-33-53-48(35-39)46-25-11-12-28-51(46)59(53)42-20-6-2-7-21-42)30-32-50(49)57-56(58-54)41-19-14-18-40(34-41)44-26-15-27-47-45-24-10-13-29-52(45)60(55(44)47)43-22-8-3-9-23-43/h1-36H. The van der Waals surface area contributed by atoms with Crippen LogP contribution < -0.4 is 0 Å². The van der Waals surface area contributed by atoms with Gasteiger partial charge in [-0.3, -0.25) is 0 Å². The number of para-hydroxylation sites is 5. The zero-order chi connectivity index (χ0) is 39.6. The molecule has 3 heterocycles. The summed E-state index contributed by atoms with van der Waals surface area (Å²) in [6.07, 6.45) is 0. The Morgan fingerprint density at radius 3 is 1.58 bits per heavy atom. The second kappa shape index (κ2) is 13.8. The van der Waals surface area contributed by atoms with Gasteiger partial charge in [-0.05, 0) is 83.4 Å². The largest absolute Gasteiger partial charge is 0.309 e. The van der Waals surface area contributed by atoms with E-state index in [4.69, 9.17) is 9.97 Å². The third kappa shape index (κ3) is 5.46. The van der Waals surface area contributed by atoms with E-state index >= 15 is 0 Å². The second-order valence-electron chi connectivity index (χ2n) is 15.4. The minimum absolute atomic E-state index is 0.696. The quantitative estimate of drug-likeness (QED) is 0.169. The van der Waals surface area contributed by atoms with Crippen molar-refractivity contribution in [2.24, 2.45) is 0 Å². The van der Waals surface area contributed by atoms with Crippen LogP contribution in [-0.2, 0) is 0 Å².